The third kappa shape index (κ3) is 4.95. The fourth-order valence-electron chi connectivity index (χ4n) is 10.2. The van der Waals surface area contributed by atoms with E-state index >= 15 is 0 Å². The molecule has 0 radical (unpaired) electrons. The lowest BCUT2D eigenvalue weighted by atomic mass is 9.47. The summed E-state index contributed by atoms with van der Waals surface area (Å²) in [5, 5.41) is 10.3. The molecule has 1 unspecified atom stereocenters. The average Bonchev–Trinajstić information content (AvgIpc) is 3.65. The van der Waals surface area contributed by atoms with Gasteiger partial charge < -0.3 is 19.6 Å². The molecule has 0 spiro atoms. The Hall–Kier alpha value is -1.56. The van der Waals surface area contributed by atoms with E-state index in [1.165, 1.54) is 32.1 Å². The minimum absolute atomic E-state index is 0.00963. The van der Waals surface area contributed by atoms with E-state index < -0.39 is 0 Å². The third-order valence-electron chi connectivity index (χ3n) is 12.7. The normalized spacial score (nSPS) is 42.6. The summed E-state index contributed by atoms with van der Waals surface area (Å²) >= 11 is 0. The first-order valence-corrected chi connectivity index (χ1v) is 16.2. The summed E-state index contributed by atoms with van der Waals surface area (Å²) in [6, 6.07) is 0.00963. The lowest BCUT2D eigenvalue weighted by molar-refractivity contribution is -0.134. The molecule has 9 atom stereocenters. The van der Waals surface area contributed by atoms with Gasteiger partial charge in [-0.25, -0.2) is 4.79 Å². The van der Waals surface area contributed by atoms with Crippen molar-refractivity contribution >= 4 is 12.0 Å². The predicted molar refractivity (Wildman–Crippen MR) is 152 cm³/mol. The van der Waals surface area contributed by atoms with E-state index in [1.54, 1.807) is 10.5 Å². The number of allylic oxidation sites excluding steroid dienone is 1. The van der Waals surface area contributed by atoms with Crippen LogP contribution in [0.25, 0.3) is 0 Å². The Morgan fingerprint density at radius 3 is 2.62 bits per heavy atom. The van der Waals surface area contributed by atoms with Crippen LogP contribution in [0.5, 0.6) is 0 Å². The van der Waals surface area contributed by atoms with Gasteiger partial charge in [0.05, 0.1) is 6.10 Å². The van der Waals surface area contributed by atoms with E-state index in [0.717, 1.165) is 56.3 Å². The van der Waals surface area contributed by atoms with Crippen LogP contribution in [-0.2, 0) is 9.53 Å². The molecule has 0 aromatic heterocycles. The van der Waals surface area contributed by atoms with Crippen molar-refractivity contribution in [3.05, 3.63) is 11.6 Å². The minimum atomic E-state index is -0.204. The molecule has 5 aliphatic carbocycles. The van der Waals surface area contributed by atoms with Crippen molar-refractivity contribution in [3.8, 4) is 0 Å². The average molecular weight is 541 g/mol. The van der Waals surface area contributed by atoms with Crippen LogP contribution < -0.4 is 0 Å². The van der Waals surface area contributed by atoms with Crippen molar-refractivity contribution in [2.75, 3.05) is 19.6 Å². The van der Waals surface area contributed by atoms with E-state index in [9.17, 15) is 14.7 Å². The first kappa shape index (κ1) is 27.6. The van der Waals surface area contributed by atoms with E-state index in [1.807, 2.05) is 11.8 Å². The lowest BCUT2D eigenvalue weighted by Crippen LogP contribution is -2.55. The summed E-state index contributed by atoms with van der Waals surface area (Å²) < 4.78 is 5.49. The van der Waals surface area contributed by atoms with Crippen molar-refractivity contribution in [2.24, 2.45) is 40.4 Å². The van der Waals surface area contributed by atoms with Crippen LogP contribution in [0.4, 0.5) is 4.79 Å². The summed E-state index contributed by atoms with van der Waals surface area (Å²) in [4.78, 5) is 29.4. The number of carbonyl (C=O) groups is 2. The van der Waals surface area contributed by atoms with Crippen LogP contribution in [0.3, 0.4) is 0 Å². The molecule has 0 aromatic carbocycles. The molecule has 6 nitrogen and oxygen atoms in total. The fourth-order valence-corrected chi connectivity index (χ4v) is 10.2. The van der Waals surface area contributed by atoms with Gasteiger partial charge in [-0.2, -0.15) is 0 Å². The number of hydrogen-bond acceptors (Lipinski definition) is 4. The molecule has 1 saturated heterocycles. The van der Waals surface area contributed by atoms with Gasteiger partial charge >= 0.3 is 6.09 Å². The van der Waals surface area contributed by atoms with Gasteiger partial charge in [0.2, 0.25) is 5.91 Å². The molecule has 4 saturated carbocycles. The largest absolute Gasteiger partial charge is 0.446 e. The molecule has 1 N–H and O–H groups in total. The van der Waals surface area contributed by atoms with Crippen LogP contribution in [0, 0.1) is 40.4 Å². The number of nitrogens with zero attached hydrogens (tertiary/aromatic N) is 2. The minimum Gasteiger partial charge on any atom is -0.446 e. The Labute approximate surface area is 235 Å². The Balaban J connectivity index is 1.03. The maximum atomic E-state index is 13.2. The van der Waals surface area contributed by atoms with Crippen molar-refractivity contribution in [1.29, 1.82) is 0 Å². The summed E-state index contributed by atoms with van der Waals surface area (Å²) in [5.41, 5.74) is 2.25. The number of ether oxygens (including phenoxy) is 1. The van der Waals surface area contributed by atoms with Crippen LogP contribution >= 0.6 is 0 Å². The number of amides is 2. The highest BCUT2D eigenvalue weighted by atomic mass is 16.6. The summed E-state index contributed by atoms with van der Waals surface area (Å²) in [6.45, 7) is 11.4. The monoisotopic (exact) mass is 540 g/mol. The number of aliphatic hydroxyl groups is 1. The molecule has 2 amide bonds. The SMILES string of the molecule is CC(CCC(=O)N1CCN(C(=O)OC2CC2)[C@@H](C)C1)[C@H]1CC[C@H]2[C@@H]3CC=C4C[C@@H](O)CC[C@]4(C)[C@H]3CC[C@]12C. The van der Waals surface area contributed by atoms with E-state index in [0.29, 0.717) is 48.7 Å². The molecule has 39 heavy (non-hydrogen) atoms. The quantitative estimate of drug-likeness (QED) is 0.423. The summed E-state index contributed by atoms with van der Waals surface area (Å²) in [6.07, 6.45) is 15.4. The van der Waals surface area contributed by atoms with Gasteiger partial charge in [0.1, 0.15) is 6.10 Å². The van der Waals surface area contributed by atoms with Gasteiger partial charge in [-0.15, -0.1) is 0 Å². The second-order valence-electron chi connectivity index (χ2n) is 14.9. The molecule has 6 heteroatoms. The zero-order valence-corrected chi connectivity index (χ0v) is 24.9. The Morgan fingerprint density at radius 1 is 1.08 bits per heavy atom. The van der Waals surface area contributed by atoms with E-state index in [-0.39, 0.29) is 30.3 Å². The molecule has 1 heterocycles. The standard InChI is InChI=1S/C33H52N2O4/c1-21(5-12-30(37)34-17-18-35(22(2)20-34)31(38)39-25-7-8-25)27-10-11-28-26-9-6-23-19-24(36)13-15-32(23,3)29(26)14-16-33(27,28)4/h6,21-22,24-29,36H,5,7-20H2,1-4H3/t21?,22-,24-,26-,27+,28-,29-,32-,33+/m0/s1. The topological polar surface area (TPSA) is 70.1 Å². The zero-order valence-electron chi connectivity index (χ0n) is 24.9. The Morgan fingerprint density at radius 2 is 1.87 bits per heavy atom. The molecule has 0 bridgehead atoms. The van der Waals surface area contributed by atoms with Gasteiger partial charge in [-0.05, 0) is 118 Å². The summed E-state index contributed by atoms with van der Waals surface area (Å²) in [5.74, 6) is 3.88. The highest BCUT2D eigenvalue weighted by Gasteiger charge is 2.59. The number of aliphatic hydroxyl groups excluding tert-OH is 1. The highest BCUT2D eigenvalue weighted by molar-refractivity contribution is 5.77. The van der Waals surface area contributed by atoms with Crippen LogP contribution in [0.1, 0.15) is 105 Å². The second kappa shape index (κ2) is 10.4. The maximum absolute atomic E-state index is 13.2. The van der Waals surface area contributed by atoms with Gasteiger partial charge in [0.15, 0.2) is 0 Å². The summed E-state index contributed by atoms with van der Waals surface area (Å²) in [7, 11) is 0. The van der Waals surface area contributed by atoms with Crippen LogP contribution in [-0.4, -0.2) is 64.8 Å². The molecule has 6 aliphatic rings. The fraction of sp³-hybridized carbons (Fsp3) is 0.879. The highest BCUT2D eigenvalue weighted by Crippen LogP contribution is 2.67. The number of piperazine rings is 1. The molecule has 0 aromatic rings. The first-order valence-electron chi connectivity index (χ1n) is 16.2. The van der Waals surface area contributed by atoms with Crippen molar-refractivity contribution in [3.63, 3.8) is 0 Å². The smallest absolute Gasteiger partial charge is 0.410 e. The molecular weight excluding hydrogens is 488 g/mol. The molecular formula is C33H52N2O4. The first-order chi connectivity index (χ1) is 18.6. The number of carbonyl (C=O) groups excluding carboxylic acids is 2. The van der Waals surface area contributed by atoms with Crippen molar-refractivity contribution in [2.45, 2.75) is 123 Å². The number of hydrogen-bond donors (Lipinski definition) is 1. The van der Waals surface area contributed by atoms with Gasteiger partial charge in [0, 0.05) is 32.1 Å². The lowest BCUT2D eigenvalue weighted by Gasteiger charge is -2.58. The van der Waals surface area contributed by atoms with E-state index in [2.05, 4.69) is 26.8 Å². The van der Waals surface area contributed by atoms with Crippen molar-refractivity contribution < 1.29 is 19.4 Å². The molecule has 1 aliphatic heterocycles. The van der Waals surface area contributed by atoms with Gasteiger partial charge in [-0.1, -0.05) is 32.4 Å². The Kier molecular flexibility index (Phi) is 7.34. The second-order valence-corrected chi connectivity index (χ2v) is 14.9. The van der Waals surface area contributed by atoms with Gasteiger partial charge in [0.25, 0.3) is 0 Å². The van der Waals surface area contributed by atoms with Crippen LogP contribution in [0.15, 0.2) is 11.6 Å². The third-order valence-corrected chi connectivity index (χ3v) is 12.7. The van der Waals surface area contributed by atoms with E-state index in [4.69, 9.17) is 4.74 Å². The van der Waals surface area contributed by atoms with Gasteiger partial charge in [-0.3, -0.25) is 4.79 Å². The number of fused-ring (bicyclic) bond motifs is 5. The van der Waals surface area contributed by atoms with Crippen LogP contribution in [0.2, 0.25) is 0 Å². The molecule has 6 rings (SSSR count). The molecule has 5 fully saturated rings. The Bertz CT molecular complexity index is 992. The number of rotatable bonds is 5. The predicted octanol–water partition coefficient (Wildman–Crippen LogP) is 6.17. The zero-order chi connectivity index (χ0) is 27.5. The van der Waals surface area contributed by atoms with Crippen molar-refractivity contribution in [1.82, 2.24) is 9.80 Å². The maximum Gasteiger partial charge on any atom is 0.410 e. The molecule has 218 valence electrons.